The zero-order valence-corrected chi connectivity index (χ0v) is 18.2. The number of hydrogen-bond donors (Lipinski definition) is 4. The van der Waals surface area contributed by atoms with Crippen molar-refractivity contribution < 1.29 is 24.0 Å². The van der Waals surface area contributed by atoms with Crippen LogP contribution in [0.25, 0.3) is 0 Å². The molecule has 27 heavy (non-hydrogen) atoms. The van der Waals surface area contributed by atoms with E-state index in [9.17, 15) is 9.67 Å². The van der Waals surface area contributed by atoms with Gasteiger partial charge in [-0.1, -0.05) is 77.2 Å². The van der Waals surface area contributed by atoms with Crippen LogP contribution in [0.1, 0.15) is 97.3 Å². The van der Waals surface area contributed by atoms with E-state index in [4.69, 9.17) is 15.5 Å². The first-order valence-electron chi connectivity index (χ1n) is 10.6. The molecule has 162 valence electrons. The van der Waals surface area contributed by atoms with Crippen LogP contribution in [0.15, 0.2) is 11.6 Å². The standard InChI is InChI=1S/C20H42NO5P/c1-3-4-5-6-7-8-9-10-11-12-13-14-15-18(2)20(22)19(21)16-17-26-27(23,24)25/h15,19-20,22H,3-14,16-17,21H2,1-2H3,(H2,23,24,25)/t19-,20+/m0/s1. The van der Waals surface area contributed by atoms with Crippen LogP contribution in [0.4, 0.5) is 0 Å². The Morgan fingerprint density at radius 3 is 1.96 bits per heavy atom. The molecule has 0 aromatic rings. The second kappa shape index (κ2) is 16.7. The molecule has 5 N–H and O–H groups in total. The van der Waals surface area contributed by atoms with Gasteiger partial charge in [-0.15, -0.1) is 0 Å². The molecule has 0 bridgehead atoms. The van der Waals surface area contributed by atoms with E-state index in [2.05, 4.69) is 11.4 Å². The van der Waals surface area contributed by atoms with Gasteiger partial charge >= 0.3 is 7.82 Å². The number of allylic oxidation sites excluding steroid dienone is 1. The summed E-state index contributed by atoms with van der Waals surface area (Å²) in [6.45, 7) is 3.91. The fourth-order valence-electron chi connectivity index (χ4n) is 3.06. The summed E-state index contributed by atoms with van der Waals surface area (Å²) in [5.41, 5.74) is 6.67. The average Bonchev–Trinajstić information content (AvgIpc) is 2.60. The topological polar surface area (TPSA) is 113 Å². The molecule has 6 nitrogen and oxygen atoms in total. The first-order chi connectivity index (χ1) is 12.8. The maximum absolute atomic E-state index is 10.6. The quantitative estimate of drug-likeness (QED) is 0.147. The van der Waals surface area contributed by atoms with E-state index < -0.39 is 20.0 Å². The van der Waals surface area contributed by atoms with E-state index in [1.165, 1.54) is 64.2 Å². The summed E-state index contributed by atoms with van der Waals surface area (Å²) in [5.74, 6) is 0. The molecule has 0 amide bonds. The van der Waals surface area contributed by atoms with Gasteiger partial charge in [0.1, 0.15) is 0 Å². The van der Waals surface area contributed by atoms with Crippen molar-refractivity contribution in [2.24, 2.45) is 5.73 Å². The minimum atomic E-state index is -4.47. The zero-order valence-electron chi connectivity index (χ0n) is 17.3. The minimum absolute atomic E-state index is 0.172. The molecule has 0 rings (SSSR count). The van der Waals surface area contributed by atoms with Crippen LogP contribution in [0.5, 0.6) is 0 Å². The largest absolute Gasteiger partial charge is 0.469 e. The number of phosphoric ester groups is 1. The van der Waals surface area contributed by atoms with Crippen molar-refractivity contribution in [2.45, 2.75) is 109 Å². The third kappa shape index (κ3) is 17.6. The molecule has 0 aliphatic rings. The van der Waals surface area contributed by atoms with Gasteiger partial charge in [0.25, 0.3) is 0 Å². The summed E-state index contributed by atoms with van der Waals surface area (Å²) < 4.78 is 15.0. The minimum Gasteiger partial charge on any atom is -0.387 e. The second-order valence-electron chi connectivity index (χ2n) is 7.49. The Bertz CT molecular complexity index is 425. The van der Waals surface area contributed by atoms with Crippen LogP contribution in [0.3, 0.4) is 0 Å². The second-order valence-corrected chi connectivity index (χ2v) is 8.73. The fourth-order valence-corrected chi connectivity index (χ4v) is 3.41. The highest BCUT2D eigenvalue weighted by Gasteiger charge is 2.19. The number of nitrogens with two attached hydrogens (primary N) is 1. The lowest BCUT2D eigenvalue weighted by atomic mass is 10.00. The number of rotatable bonds is 18. The summed E-state index contributed by atoms with van der Waals surface area (Å²) in [4.78, 5) is 17.3. The van der Waals surface area contributed by atoms with E-state index in [0.29, 0.717) is 0 Å². The number of unbranched alkanes of at least 4 members (excludes halogenated alkanes) is 11. The maximum atomic E-state index is 10.6. The number of hydrogen-bond acceptors (Lipinski definition) is 4. The maximum Gasteiger partial charge on any atom is 0.469 e. The van der Waals surface area contributed by atoms with Crippen molar-refractivity contribution in [3.8, 4) is 0 Å². The lowest BCUT2D eigenvalue weighted by molar-refractivity contribution is 0.146. The molecular formula is C20H42NO5P. The van der Waals surface area contributed by atoms with Crippen LogP contribution in [-0.2, 0) is 9.09 Å². The first-order valence-corrected chi connectivity index (χ1v) is 12.1. The predicted molar refractivity (Wildman–Crippen MR) is 111 cm³/mol. The van der Waals surface area contributed by atoms with Gasteiger partial charge in [-0.3, -0.25) is 4.52 Å². The van der Waals surface area contributed by atoms with Crippen molar-refractivity contribution >= 4 is 7.82 Å². The van der Waals surface area contributed by atoms with Gasteiger partial charge in [0.15, 0.2) is 0 Å². The Hall–Kier alpha value is -0.230. The molecule has 0 fully saturated rings. The highest BCUT2D eigenvalue weighted by molar-refractivity contribution is 7.46. The third-order valence-corrected chi connectivity index (χ3v) is 5.38. The Balaban J connectivity index is 3.67. The Kier molecular flexibility index (Phi) is 16.6. The number of aliphatic hydroxyl groups excluding tert-OH is 1. The lowest BCUT2D eigenvalue weighted by Crippen LogP contribution is -2.36. The normalized spacial score (nSPS) is 15.1. The van der Waals surface area contributed by atoms with Gasteiger partial charge in [-0.2, -0.15) is 0 Å². The Morgan fingerprint density at radius 2 is 1.48 bits per heavy atom. The summed E-state index contributed by atoms with van der Waals surface area (Å²) >= 11 is 0. The van der Waals surface area contributed by atoms with E-state index in [0.717, 1.165) is 18.4 Å². The van der Waals surface area contributed by atoms with Gasteiger partial charge in [0.2, 0.25) is 0 Å². The molecule has 0 aromatic heterocycles. The molecule has 0 saturated heterocycles. The van der Waals surface area contributed by atoms with E-state index in [1.807, 2.05) is 13.0 Å². The molecule has 0 aromatic carbocycles. The fraction of sp³-hybridized carbons (Fsp3) is 0.900. The van der Waals surface area contributed by atoms with Crippen LogP contribution in [0, 0.1) is 0 Å². The van der Waals surface area contributed by atoms with Gasteiger partial charge < -0.3 is 20.6 Å². The van der Waals surface area contributed by atoms with Crippen LogP contribution < -0.4 is 5.73 Å². The predicted octanol–water partition coefficient (Wildman–Crippen LogP) is 4.82. The number of phosphoric acid groups is 1. The van der Waals surface area contributed by atoms with Crippen molar-refractivity contribution in [1.82, 2.24) is 0 Å². The smallest absolute Gasteiger partial charge is 0.387 e. The molecule has 2 atom stereocenters. The van der Waals surface area contributed by atoms with Crippen LogP contribution >= 0.6 is 7.82 Å². The monoisotopic (exact) mass is 407 g/mol. The van der Waals surface area contributed by atoms with E-state index in [-0.39, 0.29) is 13.0 Å². The summed E-state index contributed by atoms with van der Waals surface area (Å²) in [6, 6.07) is -0.592. The molecule has 0 heterocycles. The van der Waals surface area contributed by atoms with Crippen molar-refractivity contribution in [3.05, 3.63) is 11.6 Å². The number of aliphatic hydroxyl groups is 1. The molecule has 0 aliphatic heterocycles. The summed E-state index contributed by atoms with van der Waals surface area (Å²) in [7, 11) is -4.47. The third-order valence-electron chi connectivity index (χ3n) is 4.86. The molecule has 0 unspecified atom stereocenters. The molecule has 0 saturated carbocycles. The average molecular weight is 408 g/mol. The first kappa shape index (κ1) is 26.8. The summed E-state index contributed by atoms with van der Waals surface area (Å²) in [5, 5.41) is 10.1. The molecule has 0 spiro atoms. The SMILES string of the molecule is CCCCCCCCCCCCCC=C(C)[C@@H](O)[C@@H](N)CCOP(=O)(O)O. The zero-order chi connectivity index (χ0) is 20.5. The Morgan fingerprint density at radius 1 is 1.00 bits per heavy atom. The van der Waals surface area contributed by atoms with Crippen LogP contribution in [-0.4, -0.2) is 33.6 Å². The lowest BCUT2D eigenvalue weighted by Gasteiger charge is -2.19. The highest BCUT2D eigenvalue weighted by Crippen LogP contribution is 2.35. The highest BCUT2D eigenvalue weighted by atomic mass is 31.2. The summed E-state index contributed by atoms with van der Waals surface area (Å²) in [6.07, 6.45) is 16.7. The Labute approximate surface area is 165 Å². The van der Waals surface area contributed by atoms with Crippen molar-refractivity contribution in [3.63, 3.8) is 0 Å². The van der Waals surface area contributed by atoms with Crippen molar-refractivity contribution in [1.29, 1.82) is 0 Å². The molecule has 0 aliphatic carbocycles. The van der Waals surface area contributed by atoms with Gasteiger partial charge in [0.05, 0.1) is 12.7 Å². The van der Waals surface area contributed by atoms with Gasteiger partial charge in [-0.25, -0.2) is 4.57 Å². The van der Waals surface area contributed by atoms with Gasteiger partial charge in [0, 0.05) is 6.04 Å². The van der Waals surface area contributed by atoms with E-state index in [1.54, 1.807) is 0 Å². The molecule has 0 radical (unpaired) electrons. The van der Waals surface area contributed by atoms with Crippen LogP contribution in [0.2, 0.25) is 0 Å². The molecular weight excluding hydrogens is 365 g/mol. The van der Waals surface area contributed by atoms with Gasteiger partial charge in [-0.05, 0) is 31.8 Å². The van der Waals surface area contributed by atoms with E-state index >= 15 is 0 Å². The molecule has 7 heteroatoms. The van der Waals surface area contributed by atoms with Crippen molar-refractivity contribution in [2.75, 3.05) is 6.61 Å².